The summed E-state index contributed by atoms with van der Waals surface area (Å²) in [5.41, 5.74) is 0.858. The number of fused-ring (bicyclic) bond motifs is 1. The van der Waals surface area contributed by atoms with E-state index >= 15 is 0 Å². The predicted molar refractivity (Wildman–Crippen MR) is 185 cm³/mol. The van der Waals surface area contributed by atoms with Crippen LogP contribution in [0, 0.1) is 11.8 Å². The second-order valence-corrected chi connectivity index (χ2v) is 13.8. The number of benzene rings is 3. The molecule has 3 fully saturated rings. The maximum absolute atomic E-state index is 15.0. The van der Waals surface area contributed by atoms with E-state index < -0.39 is 48.1 Å². The lowest BCUT2D eigenvalue weighted by Crippen LogP contribution is -2.57. The summed E-state index contributed by atoms with van der Waals surface area (Å²) in [4.78, 5) is 48.9. The van der Waals surface area contributed by atoms with E-state index in [9.17, 15) is 19.5 Å². The smallest absolute Gasteiger partial charge is 0.253 e. The van der Waals surface area contributed by atoms with E-state index in [2.05, 4.69) is 29.1 Å². The zero-order chi connectivity index (χ0) is 33.3. The van der Waals surface area contributed by atoms with Crippen LogP contribution in [0.15, 0.2) is 110 Å². The van der Waals surface area contributed by atoms with E-state index in [1.807, 2.05) is 60.7 Å². The molecule has 3 unspecified atom stereocenters. The number of hydrogen-bond donors (Lipinski definition) is 1. The molecule has 0 radical (unpaired) electrons. The second kappa shape index (κ2) is 13.8. The first-order valence-corrected chi connectivity index (χ1v) is 17.0. The Labute approximate surface area is 288 Å². The van der Waals surface area contributed by atoms with Gasteiger partial charge in [-0.2, -0.15) is 0 Å². The number of likely N-dealkylation sites (tertiary alicyclic amines) is 1. The summed E-state index contributed by atoms with van der Waals surface area (Å²) in [7, 11) is 0. The second-order valence-electron chi connectivity index (χ2n) is 12.2. The summed E-state index contributed by atoms with van der Waals surface area (Å²) in [6, 6.07) is 23.7. The molecular formula is C37H37BrClN3O5. The van der Waals surface area contributed by atoms with Crippen molar-refractivity contribution in [1.82, 2.24) is 9.80 Å². The normalized spacial score (nSPS) is 26.5. The van der Waals surface area contributed by atoms with Gasteiger partial charge in [0.2, 0.25) is 11.8 Å². The Morgan fingerprint density at radius 2 is 1.64 bits per heavy atom. The van der Waals surface area contributed by atoms with Crippen LogP contribution < -0.4 is 4.90 Å². The van der Waals surface area contributed by atoms with E-state index in [4.69, 9.17) is 16.3 Å². The Bertz CT molecular complexity index is 1640. The number of anilines is 1. The molecular weight excluding hydrogens is 682 g/mol. The van der Waals surface area contributed by atoms with Crippen LogP contribution in [-0.2, 0) is 25.7 Å². The summed E-state index contributed by atoms with van der Waals surface area (Å²) in [6.07, 6.45) is 2.99. The van der Waals surface area contributed by atoms with Crippen molar-refractivity contribution in [3.8, 4) is 0 Å². The molecule has 3 saturated heterocycles. The largest absolute Gasteiger partial charge is 0.394 e. The fourth-order valence-electron chi connectivity index (χ4n) is 7.62. The third kappa shape index (κ3) is 5.84. The number of carbonyl (C=O) groups excluding carboxylic acids is 3. The minimum Gasteiger partial charge on any atom is -0.394 e. The molecule has 6 rings (SSSR count). The SMILES string of the molecule is C=CCN(Cc1ccccc1)C(=O)[C@H]1[C@@H]2OC3(CC2Br)C(C(=O)N(CC=C)c2ccc(Cl)cc2)N([C@H](CO)c2ccccc2)C(=O)[C@H]13. The molecule has 3 amide bonds. The maximum Gasteiger partial charge on any atom is 0.253 e. The molecule has 3 heterocycles. The average molecular weight is 719 g/mol. The first kappa shape index (κ1) is 33.2. The molecule has 2 bridgehead atoms. The maximum atomic E-state index is 15.0. The number of rotatable bonds is 12. The quantitative estimate of drug-likeness (QED) is 0.196. The summed E-state index contributed by atoms with van der Waals surface area (Å²) >= 11 is 9.96. The summed E-state index contributed by atoms with van der Waals surface area (Å²) in [6.45, 7) is 8.08. The third-order valence-electron chi connectivity index (χ3n) is 9.53. The van der Waals surface area contributed by atoms with Gasteiger partial charge in [0.1, 0.15) is 11.6 Å². The van der Waals surface area contributed by atoms with Gasteiger partial charge in [0.15, 0.2) is 0 Å². The molecule has 0 aromatic heterocycles. The number of hydrogen-bond acceptors (Lipinski definition) is 5. The Balaban J connectivity index is 1.46. The van der Waals surface area contributed by atoms with Crippen molar-refractivity contribution in [2.75, 3.05) is 24.6 Å². The van der Waals surface area contributed by atoms with Gasteiger partial charge in [0.05, 0.1) is 30.6 Å². The van der Waals surface area contributed by atoms with Crippen molar-refractivity contribution in [3.05, 3.63) is 126 Å². The highest BCUT2D eigenvalue weighted by Crippen LogP contribution is 2.61. The molecule has 0 saturated carbocycles. The van der Waals surface area contributed by atoms with E-state index in [-0.39, 0.29) is 29.7 Å². The zero-order valence-electron chi connectivity index (χ0n) is 25.8. The number of halogens is 2. The first-order chi connectivity index (χ1) is 22.7. The van der Waals surface area contributed by atoms with Crippen molar-refractivity contribution < 1.29 is 24.2 Å². The van der Waals surface area contributed by atoms with Gasteiger partial charge in [-0.15, -0.1) is 13.2 Å². The van der Waals surface area contributed by atoms with Crippen LogP contribution in [0.1, 0.15) is 23.6 Å². The molecule has 244 valence electrons. The van der Waals surface area contributed by atoms with E-state index in [0.29, 0.717) is 29.2 Å². The summed E-state index contributed by atoms with van der Waals surface area (Å²) < 4.78 is 6.80. The standard InChI is InChI=1S/C37H37BrClN3O5/c1-3-19-40(22-24-11-7-5-8-12-24)34(44)30-31-35(45)42(29(23-43)25-13-9-6-10-14-25)33(37(31)21-28(38)32(30)47-37)36(46)41(20-4-2)27-17-15-26(39)16-18-27/h3-18,28-33,43H,1-2,19-23H2/t28?,29-,30-,31+,32-,33?,37?/m1/s1. The van der Waals surface area contributed by atoms with E-state index in [1.165, 1.54) is 4.90 Å². The monoisotopic (exact) mass is 717 g/mol. The molecule has 10 heteroatoms. The molecule has 0 aliphatic carbocycles. The minimum atomic E-state index is -1.33. The van der Waals surface area contributed by atoms with Crippen LogP contribution in [0.25, 0.3) is 0 Å². The van der Waals surface area contributed by atoms with Gasteiger partial charge in [-0.25, -0.2) is 0 Å². The van der Waals surface area contributed by atoms with Gasteiger partial charge in [0, 0.05) is 35.2 Å². The number of amides is 3. The molecule has 3 aromatic carbocycles. The number of aliphatic hydroxyl groups is 1. The Hall–Kier alpha value is -3.76. The average Bonchev–Trinajstić information content (AvgIpc) is 3.68. The van der Waals surface area contributed by atoms with Gasteiger partial charge in [0.25, 0.3) is 5.91 Å². The number of nitrogens with zero attached hydrogens (tertiary/aromatic N) is 3. The van der Waals surface area contributed by atoms with Gasteiger partial charge in [-0.05, 0) is 41.8 Å². The van der Waals surface area contributed by atoms with E-state index in [0.717, 1.165) is 5.56 Å². The molecule has 3 aliphatic heterocycles. The van der Waals surface area contributed by atoms with Crippen molar-refractivity contribution in [1.29, 1.82) is 0 Å². The highest BCUT2D eigenvalue weighted by Gasteiger charge is 2.77. The number of alkyl halides is 1. The fourth-order valence-corrected chi connectivity index (χ4v) is 8.69. The Kier molecular flexibility index (Phi) is 9.71. The van der Waals surface area contributed by atoms with Crippen molar-refractivity contribution in [2.45, 2.75) is 41.6 Å². The Morgan fingerprint density at radius 1 is 1.00 bits per heavy atom. The lowest BCUT2D eigenvalue weighted by molar-refractivity contribution is -0.147. The van der Waals surface area contributed by atoms with Crippen molar-refractivity contribution >= 4 is 50.9 Å². The number of carbonyl (C=O) groups is 3. The van der Waals surface area contributed by atoms with Gasteiger partial charge < -0.3 is 24.5 Å². The minimum absolute atomic E-state index is 0.155. The Morgan fingerprint density at radius 3 is 2.26 bits per heavy atom. The lowest BCUT2D eigenvalue weighted by Gasteiger charge is -2.39. The zero-order valence-corrected chi connectivity index (χ0v) is 28.2. The number of aliphatic hydroxyl groups excluding tert-OH is 1. The van der Waals surface area contributed by atoms with Gasteiger partial charge >= 0.3 is 0 Å². The first-order valence-electron chi connectivity index (χ1n) is 15.7. The van der Waals surface area contributed by atoms with Crippen LogP contribution in [0.5, 0.6) is 0 Å². The highest BCUT2D eigenvalue weighted by molar-refractivity contribution is 9.09. The molecule has 3 aliphatic rings. The molecule has 1 N–H and O–H groups in total. The lowest BCUT2D eigenvalue weighted by atomic mass is 9.70. The van der Waals surface area contributed by atoms with E-state index in [1.54, 1.807) is 46.2 Å². The predicted octanol–water partition coefficient (Wildman–Crippen LogP) is 5.56. The molecule has 3 aromatic rings. The molecule has 7 atom stereocenters. The fraction of sp³-hybridized carbons (Fsp3) is 0.324. The molecule has 47 heavy (non-hydrogen) atoms. The van der Waals surface area contributed by atoms with Crippen LogP contribution >= 0.6 is 27.5 Å². The number of ether oxygens (including phenoxy) is 1. The topological polar surface area (TPSA) is 90.4 Å². The summed E-state index contributed by atoms with van der Waals surface area (Å²) in [5.74, 6) is -2.82. The molecule has 1 spiro atoms. The van der Waals surface area contributed by atoms with Crippen LogP contribution in [-0.4, -0.2) is 74.9 Å². The molecule has 8 nitrogen and oxygen atoms in total. The summed E-state index contributed by atoms with van der Waals surface area (Å²) in [5, 5.41) is 11.4. The van der Waals surface area contributed by atoms with Crippen LogP contribution in [0.3, 0.4) is 0 Å². The van der Waals surface area contributed by atoms with Crippen molar-refractivity contribution in [2.24, 2.45) is 11.8 Å². The van der Waals surface area contributed by atoms with Gasteiger partial charge in [-0.1, -0.05) is 100 Å². The van der Waals surface area contributed by atoms with Crippen LogP contribution in [0.4, 0.5) is 5.69 Å². The third-order valence-corrected chi connectivity index (χ3v) is 10.6. The van der Waals surface area contributed by atoms with Gasteiger partial charge in [-0.3, -0.25) is 14.4 Å². The van der Waals surface area contributed by atoms with Crippen molar-refractivity contribution in [3.63, 3.8) is 0 Å². The van der Waals surface area contributed by atoms with Crippen LogP contribution in [0.2, 0.25) is 5.02 Å². The highest BCUT2D eigenvalue weighted by atomic mass is 79.9.